The number of methoxy groups -OCH3 is 2. The zero-order valence-corrected chi connectivity index (χ0v) is 17.0. The van der Waals surface area contributed by atoms with Crippen LogP contribution in [0.3, 0.4) is 0 Å². The largest absolute Gasteiger partial charge is 0.496 e. The maximum atomic E-state index is 13.1. The summed E-state index contributed by atoms with van der Waals surface area (Å²) in [6.45, 7) is 1.79. The number of anilines is 1. The van der Waals surface area contributed by atoms with Crippen molar-refractivity contribution in [2.24, 2.45) is 0 Å². The Morgan fingerprint density at radius 3 is 2.62 bits per heavy atom. The number of nitrogens with one attached hydrogen (secondary N) is 2. The van der Waals surface area contributed by atoms with Gasteiger partial charge >= 0.3 is 0 Å². The topological polar surface area (TPSA) is 93.0 Å². The Morgan fingerprint density at radius 1 is 1.14 bits per heavy atom. The molecular formula is C21H25N3O5. The summed E-state index contributed by atoms with van der Waals surface area (Å²) in [4.78, 5) is 27.3. The van der Waals surface area contributed by atoms with Crippen LogP contribution in [-0.2, 0) is 4.79 Å². The first kappa shape index (κ1) is 20.6. The number of benzene rings is 2. The molecule has 0 bridgehead atoms. The third kappa shape index (κ3) is 4.49. The Morgan fingerprint density at radius 2 is 1.93 bits per heavy atom. The van der Waals surface area contributed by atoms with Gasteiger partial charge in [-0.15, -0.1) is 0 Å². The van der Waals surface area contributed by atoms with E-state index in [0.717, 1.165) is 13.1 Å². The van der Waals surface area contributed by atoms with Gasteiger partial charge in [-0.1, -0.05) is 0 Å². The first-order valence-electron chi connectivity index (χ1n) is 9.22. The highest BCUT2D eigenvalue weighted by Crippen LogP contribution is 2.31. The molecule has 154 valence electrons. The van der Waals surface area contributed by atoms with Gasteiger partial charge in [-0.25, -0.2) is 0 Å². The Bertz CT molecular complexity index is 1090. The van der Waals surface area contributed by atoms with Crippen LogP contribution in [0.2, 0.25) is 0 Å². The van der Waals surface area contributed by atoms with Gasteiger partial charge in [0.05, 0.1) is 26.2 Å². The van der Waals surface area contributed by atoms with Gasteiger partial charge in [-0.05, 0) is 32.3 Å². The quantitative estimate of drug-likeness (QED) is 0.560. The molecule has 0 aliphatic heterocycles. The third-order valence-corrected chi connectivity index (χ3v) is 4.61. The molecule has 0 atom stereocenters. The van der Waals surface area contributed by atoms with E-state index in [2.05, 4.69) is 10.6 Å². The van der Waals surface area contributed by atoms with Crippen molar-refractivity contribution >= 4 is 33.5 Å². The number of fused-ring (bicyclic) bond motifs is 2. The predicted molar refractivity (Wildman–Crippen MR) is 113 cm³/mol. The Hall–Kier alpha value is -3.10. The summed E-state index contributed by atoms with van der Waals surface area (Å²) in [6.07, 6.45) is 0. The lowest BCUT2D eigenvalue weighted by molar-refractivity contribution is -0.117. The molecule has 1 amide bonds. The number of rotatable bonds is 8. The summed E-state index contributed by atoms with van der Waals surface area (Å²) in [5, 5.41) is 6.57. The van der Waals surface area contributed by atoms with Gasteiger partial charge < -0.3 is 24.5 Å². The van der Waals surface area contributed by atoms with E-state index in [0.29, 0.717) is 39.1 Å². The monoisotopic (exact) mass is 399 g/mol. The normalized spacial score (nSPS) is 11.2. The molecule has 0 saturated heterocycles. The number of hydrogen-bond donors (Lipinski definition) is 2. The van der Waals surface area contributed by atoms with Crippen molar-refractivity contribution in [3.63, 3.8) is 0 Å². The van der Waals surface area contributed by atoms with Gasteiger partial charge in [-0.2, -0.15) is 0 Å². The molecule has 8 heteroatoms. The van der Waals surface area contributed by atoms with E-state index in [1.54, 1.807) is 30.3 Å². The van der Waals surface area contributed by atoms with E-state index in [1.165, 1.54) is 14.2 Å². The second kappa shape index (κ2) is 8.93. The summed E-state index contributed by atoms with van der Waals surface area (Å²) < 4.78 is 16.5. The van der Waals surface area contributed by atoms with Crippen LogP contribution in [0.5, 0.6) is 11.5 Å². The van der Waals surface area contributed by atoms with Gasteiger partial charge in [0.2, 0.25) is 11.3 Å². The minimum atomic E-state index is -0.233. The zero-order chi connectivity index (χ0) is 21.0. The second-order valence-electron chi connectivity index (χ2n) is 6.73. The van der Waals surface area contributed by atoms with Crippen molar-refractivity contribution in [1.29, 1.82) is 0 Å². The van der Waals surface area contributed by atoms with Crippen molar-refractivity contribution in [1.82, 2.24) is 10.2 Å². The molecule has 2 aromatic carbocycles. The smallest absolute Gasteiger partial charge is 0.238 e. The van der Waals surface area contributed by atoms with E-state index in [4.69, 9.17) is 13.9 Å². The predicted octanol–water partition coefficient (Wildman–Crippen LogP) is 2.05. The molecule has 1 heterocycles. The molecule has 3 rings (SSSR count). The molecule has 1 aromatic heterocycles. The number of likely N-dealkylation sites (N-methyl/N-ethyl adjacent to an activating group) is 2. The van der Waals surface area contributed by atoms with Crippen LogP contribution in [0.15, 0.2) is 39.5 Å². The van der Waals surface area contributed by atoms with E-state index < -0.39 is 0 Å². The van der Waals surface area contributed by atoms with Gasteiger partial charge in [0.1, 0.15) is 28.1 Å². The van der Waals surface area contributed by atoms with Crippen molar-refractivity contribution in [3.8, 4) is 11.5 Å². The minimum absolute atomic E-state index is 0.157. The van der Waals surface area contributed by atoms with Crippen molar-refractivity contribution in [2.75, 3.05) is 53.3 Å². The first-order valence-corrected chi connectivity index (χ1v) is 9.22. The first-order chi connectivity index (χ1) is 14.0. The molecule has 0 aliphatic rings. The summed E-state index contributed by atoms with van der Waals surface area (Å²) in [6, 6.07) is 8.28. The Labute approximate surface area is 168 Å². The molecular weight excluding hydrogens is 374 g/mol. The molecule has 3 aromatic rings. The summed E-state index contributed by atoms with van der Waals surface area (Å²) >= 11 is 0. The lowest BCUT2D eigenvalue weighted by atomic mass is 10.1. The highest BCUT2D eigenvalue weighted by molar-refractivity contribution is 5.98. The summed E-state index contributed by atoms with van der Waals surface area (Å²) in [5.74, 6) is 0.745. The third-order valence-electron chi connectivity index (χ3n) is 4.61. The van der Waals surface area contributed by atoms with Gasteiger partial charge in [0.15, 0.2) is 0 Å². The fourth-order valence-electron chi connectivity index (χ4n) is 3.10. The van der Waals surface area contributed by atoms with Crippen LogP contribution in [0.4, 0.5) is 5.69 Å². The average Bonchev–Trinajstić information content (AvgIpc) is 2.71. The molecule has 0 fully saturated rings. The summed E-state index contributed by atoms with van der Waals surface area (Å²) in [7, 11) is 6.76. The fraction of sp³-hybridized carbons (Fsp3) is 0.333. The van der Waals surface area contributed by atoms with Gasteiger partial charge in [0.25, 0.3) is 0 Å². The second-order valence-corrected chi connectivity index (χ2v) is 6.73. The lowest BCUT2D eigenvalue weighted by Crippen LogP contribution is -2.34. The van der Waals surface area contributed by atoms with Crippen molar-refractivity contribution < 1.29 is 18.7 Å². The van der Waals surface area contributed by atoms with Gasteiger partial charge in [0, 0.05) is 30.9 Å². The lowest BCUT2D eigenvalue weighted by Gasteiger charge is -2.16. The molecule has 2 N–H and O–H groups in total. The van der Waals surface area contributed by atoms with Gasteiger partial charge in [-0.3, -0.25) is 14.5 Å². The maximum Gasteiger partial charge on any atom is 0.238 e. The van der Waals surface area contributed by atoms with Crippen LogP contribution >= 0.6 is 0 Å². The van der Waals surface area contributed by atoms with E-state index in [9.17, 15) is 9.59 Å². The molecule has 8 nitrogen and oxygen atoms in total. The zero-order valence-electron chi connectivity index (χ0n) is 17.0. The number of nitrogens with zero attached hydrogens (tertiary/aromatic N) is 1. The number of hydrogen-bond acceptors (Lipinski definition) is 7. The van der Waals surface area contributed by atoms with E-state index >= 15 is 0 Å². The van der Waals surface area contributed by atoms with E-state index in [1.807, 2.05) is 19.0 Å². The van der Waals surface area contributed by atoms with Crippen LogP contribution in [0.25, 0.3) is 21.9 Å². The number of ether oxygens (including phenoxy) is 2. The highest BCUT2D eigenvalue weighted by atomic mass is 16.5. The highest BCUT2D eigenvalue weighted by Gasteiger charge is 2.15. The minimum Gasteiger partial charge on any atom is -0.496 e. The fourth-order valence-corrected chi connectivity index (χ4v) is 3.10. The van der Waals surface area contributed by atoms with Crippen LogP contribution in [0, 0.1) is 0 Å². The van der Waals surface area contributed by atoms with Crippen molar-refractivity contribution in [2.45, 2.75) is 0 Å². The summed E-state index contributed by atoms with van der Waals surface area (Å²) in [5.41, 5.74) is 1.09. The van der Waals surface area contributed by atoms with Crippen LogP contribution < -0.4 is 25.5 Å². The van der Waals surface area contributed by atoms with Crippen molar-refractivity contribution in [3.05, 3.63) is 40.6 Å². The molecule has 29 heavy (non-hydrogen) atoms. The molecule has 0 unspecified atom stereocenters. The Balaban J connectivity index is 1.95. The molecule has 0 saturated carbocycles. The van der Waals surface area contributed by atoms with E-state index in [-0.39, 0.29) is 17.9 Å². The average molecular weight is 399 g/mol. The number of carbonyl (C=O) groups is 1. The standard InChI is InChI=1S/C21H25N3O5/c1-22-7-8-24(2)12-19(25)23-13-5-6-16-15(9-13)21(26)20-17(28-4)10-14(27-3)11-18(20)29-16/h5-6,9-11,22H,7-8,12H2,1-4H3,(H,23,25). The molecule has 0 spiro atoms. The number of carbonyl (C=O) groups excluding carboxylic acids is 1. The number of amides is 1. The SMILES string of the molecule is CNCCN(C)CC(=O)Nc1ccc2oc3cc(OC)cc(OC)c3c(=O)c2c1. The van der Waals surface area contributed by atoms with Crippen LogP contribution in [0.1, 0.15) is 0 Å². The molecule has 0 aliphatic carbocycles. The van der Waals surface area contributed by atoms with Crippen LogP contribution in [-0.4, -0.2) is 58.8 Å². The molecule has 0 radical (unpaired) electrons. The Kier molecular flexibility index (Phi) is 6.36. The maximum absolute atomic E-state index is 13.1.